The minimum Gasteiger partial charge on any atom is -0.427 e. The molecule has 3 rings (SSSR count). The molecule has 3 atom stereocenters. The van der Waals surface area contributed by atoms with Gasteiger partial charge in [0.1, 0.15) is 5.75 Å². The van der Waals surface area contributed by atoms with Gasteiger partial charge in [0.15, 0.2) is 0 Å². The van der Waals surface area contributed by atoms with Crippen LogP contribution in [0, 0.1) is 5.92 Å². The summed E-state index contributed by atoms with van der Waals surface area (Å²) < 4.78 is 11.7. The highest BCUT2D eigenvalue weighted by Crippen LogP contribution is 2.42. The number of unbranched alkanes of at least 4 members (excludes halogenated alkanes) is 4. The summed E-state index contributed by atoms with van der Waals surface area (Å²) in [6, 6.07) is 27.3. The summed E-state index contributed by atoms with van der Waals surface area (Å²) in [6.45, 7) is 9.50. The summed E-state index contributed by atoms with van der Waals surface area (Å²) in [5, 5.41) is 0. The van der Waals surface area contributed by atoms with E-state index in [1.807, 2.05) is 18.2 Å². The second-order valence-corrected chi connectivity index (χ2v) is 11.1. The van der Waals surface area contributed by atoms with Crippen LogP contribution in [0.15, 0.2) is 78.9 Å². The summed E-state index contributed by atoms with van der Waals surface area (Å²) in [5.41, 5.74) is 4.79. The molecule has 3 aromatic rings. The van der Waals surface area contributed by atoms with Gasteiger partial charge in [-0.2, -0.15) is 0 Å². The fraction of sp³-hybridized carbons (Fsp3) is 0.438. The second-order valence-electron chi connectivity index (χ2n) is 10.2. The Balaban J connectivity index is 1.64. The summed E-state index contributed by atoms with van der Waals surface area (Å²) in [7, 11) is -1.97. The Labute approximate surface area is 219 Å². The number of hydrogen-bond acceptors (Lipinski definition) is 3. The summed E-state index contributed by atoms with van der Waals surface area (Å²) >= 11 is 0. The van der Waals surface area contributed by atoms with Gasteiger partial charge in [-0.25, -0.2) is 0 Å². The van der Waals surface area contributed by atoms with Crippen LogP contribution < -0.4 is 4.52 Å². The zero-order valence-electron chi connectivity index (χ0n) is 22.4. The van der Waals surface area contributed by atoms with Gasteiger partial charge in [0, 0.05) is 17.4 Å². The van der Waals surface area contributed by atoms with Crippen LogP contribution in [-0.4, -0.2) is 11.5 Å². The molecular formula is C32H43O3P. The average molecular weight is 507 g/mol. The molecule has 0 aliphatic carbocycles. The molecule has 3 aromatic carbocycles. The van der Waals surface area contributed by atoms with Crippen LogP contribution in [0.5, 0.6) is 5.75 Å². The van der Waals surface area contributed by atoms with E-state index >= 15 is 0 Å². The van der Waals surface area contributed by atoms with Crippen molar-refractivity contribution in [2.45, 2.75) is 78.1 Å². The lowest BCUT2D eigenvalue weighted by molar-refractivity contribution is 0.252. The highest BCUT2D eigenvalue weighted by molar-refractivity contribution is 7.41. The monoisotopic (exact) mass is 506 g/mol. The van der Waals surface area contributed by atoms with Crippen molar-refractivity contribution in [2.24, 2.45) is 5.92 Å². The van der Waals surface area contributed by atoms with Crippen LogP contribution in [0.25, 0.3) is 0 Å². The van der Waals surface area contributed by atoms with Gasteiger partial charge >= 0.3 is 8.60 Å². The lowest BCUT2D eigenvalue weighted by Crippen LogP contribution is -2.04. The molecule has 0 fully saturated rings. The lowest BCUT2D eigenvalue weighted by atomic mass is 9.87. The minimum atomic E-state index is -1.97. The molecule has 0 bridgehead atoms. The maximum absolute atomic E-state index is 10.6. The SMILES string of the molecule is CC(C)CCCCCCCOP(O)Oc1ccc(C(C)c2ccccc2)cc1C(C)c1ccccc1. The van der Waals surface area contributed by atoms with Crippen LogP contribution in [0.3, 0.4) is 0 Å². The molecule has 0 saturated carbocycles. The van der Waals surface area contributed by atoms with Gasteiger partial charge in [-0.3, -0.25) is 0 Å². The van der Waals surface area contributed by atoms with Crippen molar-refractivity contribution in [3.05, 3.63) is 101 Å². The van der Waals surface area contributed by atoms with Crippen molar-refractivity contribution in [2.75, 3.05) is 6.61 Å². The first-order valence-corrected chi connectivity index (χ1v) is 14.6. The van der Waals surface area contributed by atoms with E-state index in [1.54, 1.807) is 0 Å². The molecule has 0 radical (unpaired) electrons. The van der Waals surface area contributed by atoms with Crippen LogP contribution in [-0.2, 0) is 4.52 Å². The first kappa shape index (κ1) is 28.4. The Hall–Kier alpha value is -2.19. The van der Waals surface area contributed by atoms with Crippen molar-refractivity contribution in [1.29, 1.82) is 0 Å². The van der Waals surface area contributed by atoms with Crippen molar-refractivity contribution >= 4 is 8.60 Å². The number of hydrogen-bond donors (Lipinski definition) is 1. The van der Waals surface area contributed by atoms with Crippen LogP contribution in [0.1, 0.15) is 100 Å². The molecule has 3 nitrogen and oxygen atoms in total. The summed E-state index contributed by atoms with van der Waals surface area (Å²) in [6.07, 6.45) is 7.18. The Morgan fingerprint density at radius 2 is 1.25 bits per heavy atom. The van der Waals surface area contributed by atoms with E-state index < -0.39 is 8.60 Å². The zero-order valence-corrected chi connectivity index (χ0v) is 23.3. The topological polar surface area (TPSA) is 38.7 Å². The van der Waals surface area contributed by atoms with Crippen LogP contribution >= 0.6 is 8.60 Å². The van der Waals surface area contributed by atoms with Gasteiger partial charge in [0.2, 0.25) is 0 Å². The van der Waals surface area contributed by atoms with Gasteiger partial charge < -0.3 is 13.9 Å². The summed E-state index contributed by atoms with van der Waals surface area (Å²) in [5.74, 6) is 1.86. The second kappa shape index (κ2) is 15.2. The molecule has 1 N–H and O–H groups in total. The van der Waals surface area contributed by atoms with E-state index in [2.05, 4.69) is 88.4 Å². The van der Waals surface area contributed by atoms with Gasteiger partial charge in [0.05, 0.1) is 6.61 Å². The molecule has 0 spiro atoms. The maximum atomic E-state index is 10.6. The highest BCUT2D eigenvalue weighted by atomic mass is 31.2. The van der Waals surface area contributed by atoms with E-state index in [-0.39, 0.29) is 11.8 Å². The average Bonchev–Trinajstić information content (AvgIpc) is 2.90. The van der Waals surface area contributed by atoms with Crippen molar-refractivity contribution in [3.8, 4) is 5.75 Å². The van der Waals surface area contributed by atoms with Crippen LogP contribution in [0.4, 0.5) is 0 Å². The maximum Gasteiger partial charge on any atom is 0.394 e. The van der Waals surface area contributed by atoms with Crippen LogP contribution in [0.2, 0.25) is 0 Å². The number of benzene rings is 3. The minimum absolute atomic E-state index is 0.123. The van der Waals surface area contributed by atoms with E-state index in [9.17, 15) is 4.89 Å². The van der Waals surface area contributed by atoms with E-state index in [1.165, 1.54) is 42.4 Å². The smallest absolute Gasteiger partial charge is 0.394 e. The highest BCUT2D eigenvalue weighted by Gasteiger charge is 2.20. The van der Waals surface area contributed by atoms with E-state index in [0.717, 1.165) is 24.3 Å². The Bertz CT molecular complexity index is 1010. The first-order chi connectivity index (χ1) is 17.5. The molecule has 0 amide bonds. The molecule has 0 aliphatic heterocycles. The fourth-order valence-electron chi connectivity index (χ4n) is 4.55. The van der Waals surface area contributed by atoms with Gasteiger partial charge in [0.25, 0.3) is 0 Å². The molecule has 194 valence electrons. The van der Waals surface area contributed by atoms with Gasteiger partial charge in [-0.1, -0.05) is 133 Å². The van der Waals surface area contributed by atoms with Crippen molar-refractivity contribution in [3.63, 3.8) is 0 Å². The Kier molecular flexibility index (Phi) is 11.9. The predicted molar refractivity (Wildman–Crippen MR) is 153 cm³/mol. The lowest BCUT2D eigenvalue weighted by Gasteiger charge is -2.22. The third-order valence-electron chi connectivity index (χ3n) is 6.90. The molecule has 0 heterocycles. The first-order valence-electron chi connectivity index (χ1n) is 13.5. The normalized spacial score (nSPS) is 13.9. The third-order valence-corrected chi connectivity index (χ3v) is 7.66. The molecule has 36 heavy (non-hydrogen) atoms. The van der Waals surface area contributed by atoms with E-state index in [0.29, 0.717) is 12.4 Å². The summed E-state index contributed by atoms with van der Waals surface area (Å²) in [4.78, 5) is 10.6. The third kappa shape index (κ3) is 9.04. The zero-order chi connectivity index (χ0) is 25.8. The van der Waals surface area contributed by atoms with Crippen molar-refractivity contribution in [1.82, 2.24) is 0 Å². The molecular weight excluding hydrogens is 463 g/mol. The quantitative estimate of drug-likeness (QED) is 0.165. The molecule has 0 aromatic heterocycles. The van der Waals surface area contributed by atoms with Crippen molar-refractivity contribution < 1.29 is 13.9 Å². The Morgan fingerprint density at radius 1 is 0.667 bits per heavy atom. The van der Waals surface area contributed by atoms with E-state index in [4.69, 9.17) is 9.05 Å². The fourth-order valence-corrected chi connectivity index (χ4v) is 5.22. The molecule has 4 heteroatoms. The van der Waals surface area contributed by atoms with Gasteiger partial charge in [-0.05, 0) is 35.1 Å². The predicted octanol–water partition coefficient (Wildman–Crippen LogP) is 9.60. The van der Waals surface area contributed by atoms with Gasteiger partial charge in [-0.15, -0.1) is 0 Å². The number of rotatable bonds is 15. The molecule has 0 aliphatic rings. The standard InChI is InChI=1S/C32H43O3P/c1-25(2)16-10-6-5-7-15-23-34-36(33)35-32-22-21-30(26(3)28-17-11-8-12-18-28)24-31(32)27(4)29-19-13-9-14-20-29/h8-9,11-14,17-22,24-27,33H,5-7,10,15-16,23H2,1-4H3. The Morgan fingerprint density at radius 3 is 1.89 bits per heavy atom. The largest absolute Gasteiger partial charge is 0.427 e. The molecule has 3 unspecified atom stereocenters. The molecule has 0 saturated heterocycles.